The van der Waals surface area contributed by atoms with E-state index in [1.165, 1.54) is 0 Å². The van der Waals surface area contributed by atoms with Crippen molar-refractivity contribution in [3.8, 4) is 5.75 Å². The van der Waals surface area contributed by atoms with Crippen LogP contribution in [0.3, 0.4) is 0 Å². The summed E-state index contributed by atoms with van der Waals surface area (Å²) >= 11 is 6.43. The second-order valence-corrected chi connectivity index (χ2v) is 8.44. The number of rotatable bonds is 6. The topological polar surface area (TPSA) is 109 Å². The second kappa shape index (κ2) is 9.83. The van der Waals surface area contributed by atoms with Crippen LogP contribution in [0.5, 0.6) is 5.75 Å². The molecular formula is C23H27ClO7. The lowest BCUT2D eigenvalue weighted by atomic mass is 9.90. The molecule has 2 saturated heterocycles. The summed E-state index contributed by atoms with van der Waals surface area (Å²) in [7, 11) is 0. The Kier molecular flexibility index (Phi) is 7.13. The van der Waals surface area contributed by atoms with Gasteiger partial charge in [-0.25, -0.2) is 0 Å². The van der Waals surface area contributed by atoms with Gasteiger partial charge in [0.1, 0.15) is 42.4 Å². The van der Waals surface area contributed by atoms with E-state index in [2.05, 4.69) is 0 Å². The molecule has 0 radical (unpaired) electrons. The highest BCUT2D eigenvalue weighted by molar-refractivity contribution is 6.31. The van der Waals surface area contributed by atoms with Crippen molar-refractivity contribution in [2.24, 2.45) is 0 Å². The van der Waals surface area contributed by atoms with E-state index in [0.29, 0.717) is 30.2 Å². The van der Waals surface area contributed by atoms with E-state index in [1.807, 2.05) is 30.3 Å². The summed E-state index contributed by atoms with van der Waals surface area (Å²) < 4.78 is 17.0. The minimum absolute atomic E-state index is 0.0633. The van der Waals surface area contributed by atoms with Crippen molar-refractivity contribution in [3.05, 3.63) is 64.2 Å². The fraction of sp³-hybridized carbons (Fsp3) is 0.478. The first-order chi connectivity index (χ1) is 15.0. The van der Waals surface area contributed by atoms with Gasteiger partial charge in [-0.05, 0) is 41.3 Å². The summed E-state index contributed by atoms with van der Waals surface area (Å²) in [6, 6.07) is 13.0. The Morgan fingerprint density at radius 3 is 2.61 bits per heavy atom. The molecular weight excluding hydrogens is 424 g/mol. The van der Waals surface area contributed by atoms with Crippen LogP contribution in [0, 0.1) is 0 Å². The normalized spacial score (nSPS) is 31.0. The first-order valence-corrected chi connectivity index (χ1v) is 10.8. The molecule has 2 fully saturated rings. The first-order valence-electron chi connectivity index (χ1n) is 10.4. The number of hydrogen-bond donors (Lipinski definition) is 4. The van der Waals surface area contributed by atoms with E-state index in [4.69, 9.17) is 25.8 Å². The minimum atomic E-state index is -1.43. The van der Waals surface area contributed by atoms with Crippen LogP contribution in [0.4, 0.5) is 0 Å². The smallest absolute Gasteiger partial charge is 0.124 e. The summed E-state index contributed by atoms with van der Waals surface area (Å²) in [5.74, 6) is 0.772. The number of halogens is 1. The molecule has 8 heteroatoms. The van der Waals surface area contributed by atoms with Crippen LogP contribution >= 0.6 is 11.6 Å². The molecule has 0 unspecified atom stereocenters. The number of aliphatic hydroxyl groups excluding tert-OH is 4. The van der Waals surface area contributed by atoms with Crippen molar-refractivity contribution in [3.63, 3.8) is 0 Å². The van der Waals surface area contributed by atoms with Crippen LogP contribution in [0.2, 0.25) is 5.02 Å². The fourth-order valence-electron chi connectivity index (χ4n) is 4.03. The molecule has 2 aliphatic rings. The summed E-state index contributed by atoms with van der Waals surface area (Å²) in [6.07, 6.45) is -4.55. The molecule has 0 saturated carbocycles. The summed E-state index contributed by atoms with van der Waals surface area (Å²) in [6.45, 7) is 0.836. The number of hydrogen-bond acceptors (Lipinski definition) is 7. The lowest BCUT2D eigenvalue weighted by Crippen LogP contribution is -2.55. The highest BCUT2D eigenvalue weighted by atomic mass is 35.5. The third-order valence-electron chi connectivity index (χ3n) is 5.77. The molecule has 4 rings (SSSR count). The third kappa shape index (κ3) is 5.04. The molecule has 2 aromatic rings. The first kappa shape index (κ1) is 22.5. The molecule has 2 heterocycles. The van der Waals surface area contributed by atoms with Crippen LogP contribution in [0.1, 0.15) is 29.2 Å². The van der Waals surface area contributed by atoms with E-state index < -0.39 is 37.1 Å². The van der Waals surface area contributed by atoms with Gasteiger partial charge in [-0.2, -0.15) is 0 Å². The van der Waals surface area contributed by atoms with Gasteiger partial charge in [-0.3, -0.25) is 0 Å². The van der Waals surface area contributed by atoms with Crippen LogP contribution in [-0.4, -0.2) is 70.8 Å². The van der Waals surface area contributed by atoms with E-state index >= 15 is 0 Å². The van der Waals surface area contributed by atoms with Gasteiger partial charge in [0, 0.05) is 11.4 Å². The predicted octanol–water partition coefficient (Wildman–Crippen LogP) is 1.61. The average Bonchev–Trinajstić information content (AvgIpc) is 3.27. The average molecular weight is 451 g/mol. The van der Waals surface area contributed by atoms with Crippen LogP contribution in [-0.2, 0) is 15.9 Å². The molecule has 0 bridgehead atoms. The molecule has 0 aromatic heterocycles. The molecule has 168 valence electrons. The summed E-state index contributed by atoms with van der Waals surface area (Å²) in [4.78, 5) is 0. The number of aliphatic hydroxyl groups is 4. The lowest BCUT2D eigenvalue weighted by molar-refractivity contribution is -0.231. The van der Waals surface area contributed by atoms with Crippen molar-refractivity contribution in [1.82, 2.24) is 0 Å². The van der Waals surface area contributed by atoms with Crippen molar-refractivity contribution >= 4 is 11.6 Å². The van der Waals surface area contributed by atoms with Gasteiger partial charge in [-0.15, -0.1) is 0 Å². The van der Waals surface area contributed by atoms with E-state index in [1.54, 1.807) is 12.1 Å². The maximum atomic E-state index is 10.4. The van der Waals surface area contributed by atoms with E-state index in [9.17, 15) is 20.4 Å². The van der Waals surface area contributed by atoms with Crippen molar-refractivity contribution < 1.29 is 34.6 Å². The zero-order chi connectivity index (χ0) is 22.0. The predicted molar refractivity (Wildman–Crippen MR) is 113 cm³/mol. The highest BCUT2D eigenvalue weighted by Gasteiger charge is 2.44. The van der Waals surface area contributed by atoms with Gasteiger partial charge in [0.2, 0.25) is 0 Å². The minimum Gasteiger partial charge on any atom is -0.488 e. The molecule has 0 spiro atoms. The van der Waals surface area contributed by atoms with Gasteiger partial charge >= 0.3 is 0 Å². The van der Waals surface area contributed by atoms with Crippen LogP contribution in [0.15, 0.2) is 42.5 Å². The van der Waals surface area contributed by atoms with Gasteiger partial charge in [0.15, 0.2) is 0 Å². The quantitative estimate of drug-likeness (QED) is 0.529. The second-order valence-electron chi connectivity index (χ2n) is 8.03. The van der Waals surface area contributed by atoms with Gasteiger partial charge < -0.3 is 34.6 Å². The third-order valence-corrected chi connectivity index (χ3v) is 6.14. The summed E-state index contributed by atoms with van der Waals surface area (Å²) in [5, 5.41) is 40.5. The molecule has 2 aliphatic heterocycles. The zero-order valence-electron chi connectivity index (χ0n) is 16.9. The van der Waals surface area contributed by atoms with Crippen molar-refractivity contribution in [1.29, 1.82) is 0 Å². The molecule has 0 amide bonds. The van der Waals surface area contributed by atoms with Crippen LogP contribution < -0.4 is 4.74 Å². The zero-order valence-corrected chi connectivity index (χ0v) is 17.7. The van der Waals surface area contributed by atoms with Crippen LogP contribution in [0.25, 0.3) is 0 Å². The maximum Gasteiger partial charge on any atom is 0.124 e. The Balaban J connectivity index is 1.53. The molecule has 7 nitrogen and oxygen atoms in total. The Labute approximate surface area is 185 Å². The largest absolute Gasteiger partial charge is 0.488 e. The van der Waals surface area contributed by atoms with Gasteiger partial charge in [-0.1, -0.05) is 35.9 Å². The van der Waals surface area contributed by atoms with E-state index in [0.717, 1.165) is 23.3 Å². The monoisotopic (exact) mass is 450 g/mol. The highest BCUT2D eigenvalue weighted by Crippen LogP contribution is 2.34. The standard InChI is InChI=1S/C23H27ClO7/c24-18-5-4-14(23-22(28)21(27)20(26)19(11-25)31-23)10-15(18)8-13-2-1-3-16(9-13)30-17-6-7-29-12-17/h1-5,9-10,17,19-23,25-28H,6-8,11-12H2/t17-,19+,20+,21-,22-,23-/m0/s1. The maximum absolute atomic E-state index is 10.4. The van der Waals surface area contributed by atoms with Gasteiger partial charge in [0.05, 0.1) is 19.8 Å². The number of ether oxygens (including phenoxy) is 3. The van der Waals surface area contributed by atoms with Gasteiger partial charge in [0.25, 0.3) is 0 Å². The Hall–Kier alpha value is -1.71. The number of benzene rings is 2. The molecule has 31 heavy (non-hydrogen) atoms. The van der Waals surface area contributed by atoms with E-state index in [-0.39, 0.29) is 6.10 Å². The fourth-order valence-corrected chi connectivity index (χ4v) is 4.22. The molecule has 4 N–H and O–H groups in total. The van der Waals surface area contributed by atoms with Crippen molar-refractivity contribution in [2.45, 2.75) is 49.5 Å². The molecule has 6 atom stereocenters. The molecule has 2 aromatic carbocycles. The van der Waals surface area contributed by atoms with Crippen molar-refractivity contribution in [2.75, 3.05) is 19.8 Å². The Morgan fingerprint density at radius 1 is 1.03 bits per heavy atom. The lowest BCUT2D eigenvalue weighted by Gasteiger charge is -2.40. The Bertz CT molecular complexity index is 884. The SMILES string of the molecule is OC[C@H]1O[C@@H](c2ccc(Cl)c(Cc3cccc(O[C@H]4CCOC4)c3)c2)[C@@H](O)[C@@H](O)[C@@H]1O. The Morgan fingerprint density at radius 2 is 1.87 bits per heavy atom. The summed E-state index contributed by atoms with van der Waals surface area (Å²) in [5.41, 5.74) is 2.42. The molecule has 0 aliphatic carbocycles.